The quantitative estimate of drug-likeness (QED) is 0.277. The molecule has 1 nitrogen and oxygen atoms in total. The van der Waals surface area contributed by atoms with Crippen LogP contribution < -0.4 is 5.73 Å². The van der Waals surface area contributed by atoms with Crippen molar-refractivity contribution in [2.24, 2.45) is 5.73 Å². The van der Waals surface area contributed by atoms with E-state index in [1.165, 1.54) is 0 Å². The molecule has 0 aliphatic heterocycles. The van der Waals surface area contributed by atoms with Gasteiger partial charge in [-0.15, -0.1) is 0 Å². The van der Waals surface area contributed by atoms with Crippen molar-refractivity contribution < 1.29 is 21.1 Å². The fraction of sp³-hybridized carbons (Fsp3) is 0. The average molecular weight is 220 g/mol. The number of thiocarbonyl (C=S) groups is 1. The molecule has 2 N–H and O–H groups in total. The second-order valence-corrected chi connectivity index (χ2v) is 2.21. The Kier molecular flexibility index (Phi) is 10.8. The van der Waals surface area contributed by atoms with Gasteiger partial charge in [0.05, 0.1) is 0 Å². The Bertz CT molecular complexity index is 46.1. The van der Waals surface area contributed by atoms with Crippen LogP contribution in [-0.2, 0) is 32.7 Å². The molecule has 0 fully saturated rings. The summed E-state index contributed by atoms with van der Waals surface area (Å²) >= 11 is 8.66. The zero-order chi connectivity index (χ0) is 4.28. The number of nitrogens with two attached hydrogens (primary N) is 1. The molecule has 0 aromatic heterocycles. The van der Waals surface area contributed by atoms with Crippen LogP contribution in [0.25, 0.3) is 0 Å². The number of hydrogen-bond donors (Lipinski definition) is 1. The van der Waals surface area contributed by atoms with Crippen LogP contribution in [0.2, 0.25) is 0 Å². The van der Waals surface area contributed by atoms with Gasteiger partial charge >= 0.3 is 0 Å². The standard InChI is InChI=1S/CH3NS3.Mo/c2-1(3)5-4;/h4H,(H2,2,3);/p-1. The molecule has 0 aromatic carbocycles. The molecule has 5 heteroatoms. The molecule has 0 rings (SSSR count). The van der Waals surface area contributed by atoms with Crippen LogP contribution in [0, 0.1) is 0 Å². The van der Waals surface area contributed by atoms with Gasteiger partial charge in [0.15, 0.2) is 0 Å². The Morgan fingerprint density at radius 1 is 1.83 bits per heavy atom. The van der Waals surface area contributed by atoms with E-state index >= 15 is 0 Å². The maximum atomic E-state index is 4.88. The van der Waals surface area contributed by atoms with Crippen LogP contribution in [-0.4, -0.2) is 4.32 Å². The van der Waals surface area contributed by atoms with Crippen LogP contribution in [0.1, 0.15) is 0 Å². The van der Waals surface area contributed by atoms with Gasteiger partial charge in [0, 0.05) is 21.1 Å². The van der Waals surface area contributed by atoms with E-state index in [1.54, 1.807) is 0 Å². The SMILES string of the molecule is NC(=S)S[S-].[Mo]. The third kappa shape index (κ3) is 8.99. The third-order valence-corrected chi connectivity index (χ3v) is 1.35. The van der Waals surface area contributed by atoms with Crippen LogP contribution in [0.4, 0.5) is 0 Å². The minimum Gasteiger partial charge on any atom is -0.712 e. The van der Waals surface area contributed by atoms with E-state index < -0.39 is 0 Å². The van der Waals surface area contributed by atoms with Gasteiger partial charge in [-0.1, -0.05) is 12.2 Å². The van der Waals surface area contributed by atoms with E-state index in [0.717, 1.165) is 10.8 Å². The predicted octanol–water partition coefficient (Wildman–Crippen LogP) is 0.423. The second kappa shape index (κ2) is 6.28. The van der Waals surface area contributed by atoms with E-state index in [2.05, 4.69) is 23.9 Å². The molecule has 0 saturated carbocycles. The predicted molar refractivity (Wildman–Crippen MR) is 31.7 cm³/mol. The van der Waals surface area contributed by atoms with Crippen molar-refractivity contribution in [3.8, 4) is 0 Å². The molecule has 0 spiro atoms. The first kappa shape index (κ1) is 10.3. The Morgan fingerprint density at radius 2 is 2.00 bits per heavy atom. The van der Waals surface area contributed by atoms with Crippen LogP contribution in [0.5, 0.6) is 0 Å². The van der Waals surface area contributed by atoms with Gasteiger partial charge < -0.3 is 17.4 Å². The summed E-state index contributed by atoms with van der Waals surface area (Å²) in [6, 6.07) is 0. The Hall–Kier alpha value is 1.28. The fourth-order valence-electron chi connectivity index (χ4n) is 0. The van der Waals surface area contributed by atoms with E-state index in [-0.39, 0.29) is 21.1 Å². The topological polar surface area (TPSA) is 26.0 Å². The average Bonchev–Trinajstić information content (AvgIpc) is 1.38. The van der Waals surface area contributed by atoms with E-state index in [4.69, 9.17) is 5.73 Å². The van der Waals surface area contributed by atoms with Gasteiger partial charge in [-0.2, -0.15) is 0 Å². The summed E-state index contributed by atoms with van der Waals surface area (Å²) in [6.07, 6.45) is 0. The summed E-state index contributed by atoms with van der Waals surface area (Å²) in [4.78, 5) is 0. The summed E-state index contributed by atoms with van der Waals surface area (Å²) in [7, 11) is 0.972. The second-order valence-electron chi connectivity index (χ2n) is 0.402. The van der Waals surface area contributed by atoms with Gasteiger partial charge in [0.1, 0.15) is 4.32 Å². The zero-order valence-corrected chi connectivity index (χ0v) is 7.17. The summed E-state index contributed by atoms with van der Waals surface area (Å²) in [5.74, 6) is 0. The van der Waals surface area contributed by atoms with Crippen molar-refractivity contribution in [3.63, 3.8) is 0 Å². The molecule has 0 amide bonds. The van der Waals surface area contributed by atoms with E-state index in [0.29, 0.717) is 4.32 Å². The smallest absolute Gasteiger partial charge is 0.106 e. The van der Waals surface area contributed by atoms with Crippen LogP contribution in [0.3, 0.4) is 0 Å². The van der Waals surface area contributed by atoms with Crippen molar-refractivity contribution in [2.75, 3.05) is 0 Å². The van der Waals surface area contributed by atoms with E-state index in [9.17, 15) is 0 Å². The van der Waals surface area contributed by atoms with Gasteiger partial charge in [-0.05, 0) is 0 Å². The minimum atomic E-state index is 0. The number of hydrogen-bond acceptors (Lipinski definition) is 3. The molecule has 0 saturated heterocycles. The molecule has 0 aliphatic carbocycles. The molecule has 0 aliphatic rings. The summed E-state index contributed by atoms with van der Waals surface area (Å²) in [5, 5.41) is 0. The maximum Gasteiger partial charge on any atom is 0.106 e. The molecule has 0 unspecified atom stereocenters. The summed E-state index contributed by atoms with van der Waals surface area (Å²) < 4.78 is 0.319. The molecule has 0 heterocycles. The molecule has 0 bridgehead atoms. The van der Waals surface area contributed by atoms with Crippen molar-refractivity contribution in [2.45, 2.75) is 0 Å². The molecule has 36 valence electrons. The molecule has 6 heavy (non-hydrogen) atoms. The monoisotopic (exact) mass is 222 g/mol. The first-order valence-corrected chi connectivity index (χ1v) is 3.01. The van der Waals surface area contributed by atoms with Gasteiger partial charge in [-0.3, -0.25) is 10.8 Å². The van der Waals surface area contributed by atoms with Gasteiger partial charge in [0.2, 0.25) is 0 Å². The van der Waals surface area contributed by atoms with Crippen LogP contribution >= 0.6 is 23.0 Å². The zero-order valence-electron chi connectivity index (χ0n) is 2.71. The Morgan fingerprint density at radius 3 is 2.00 bits per heavy atom. The van der Waals surface area contributed by atoms with Crippen molar-refractivity contribution in [3.05, 3.63) is 0 Å². The third-order valence-electron chi connectivity index (χ3n) is 0.0821. The molecular weight excluding hydrogens is 218 g/mol. The Labute approximate surface area is 65.5 Å². The largest absolute Gasteiger partial charge is 0.712 e. The number of rotatable bonds is 0. The van der Waals surface area contributed by atoms with Crippen molar-refractivity contribution in [1.29, 1.82) is 0 Å². The molecule has 0 aromatic rings. The summed E-state index contributed by atoms with van der Waals surface area (Å²) in [5.41, 5.74) is 4.88. The summed E-state index contributed by atoms with van der Waals surface area (Å²) in [6.45, 7) is 0. The van der Waals surface area contributed by atoms with Crippen molar-refractivity contribution >= 4 is 39.0 Å². The maximum absolute atomic E-state index is 4.88. The first-order valence-electron chi connectivity index (χ1n) is 0.864. The van der Waals surface area contributed by atoms with Crippen molar-refractivity contribution in [1.82, 2.24) is 0 Å². The van der Waals surface area contributed by atoms with E-state index in [1.807, 2.05) is 0 Å². The molecule has 0 radical (unpaired) electrons. The fourth-order valence-corrected chi connectivity index (χ4v) is 0. The first-order chi connectivity index (χ1) is 2.27. The van der Waals surface area contributed by atoms with Crippen LogP contribution in [0.15, 0.2) is 0 Å². The Balaban J connectivity index is 0. The normalized spacial score (nSPS) is 6.17. The van der Waals surface area contributed by atoms with Gasteiger partial charge in [0.25, 0.3) is 0 Å². The van der Waals surface area contributed by atoms with Gasteiger partial charge in [-0.25, -0.2) is 0 Å². The molecular formula is CH2MoNS3-. The molecule has 0 atom stereocenters. The minimum absolute atomic E-state index is 0.